The van der Waals surface area contributed by atoms with Gasteiger partial charge in [0.2, 0.25) is 5.91 Å². The Hall–Kier alpha value is -2.69. The van der Waals surface area contributed by atoms with Gasteiger partial charge in [-0.3, -0.25) is 4.79 Å². The molecule has 1 spiro atoms. The predicted octanol–water partition coefficient (Wildman–Crippen LogP) is 3.18. The summed E-state index contributed by atoms with van der Waals surface area (Å²) in [4.78, 5) is 23.2. The molecule has 2 aliphatic heterocycles. The van der Waals surface area contributed by atoms with Crippen LogP contribution in [0.3, 0.4) is 0 Å². The molecule has 3 heterocycles. The Morgan fingerprint density at radius 1 is 1.31 bits per heavy atom. The van der Waals surface area contributed by atoms with Crippen LogP contribution >= 0.6 is 0 Å². The second-order valence-electron chi connectivity index (χ2n) is 7.05. The van der Waals surface area contributed by atoms with Crippen LogP contribution in [-0.4, -0.2) is 39.5 Å². The van der Waals surface area contributed by atoms with Gasteiger partial charge in [-0.1, -0.05) is 24.3 Å². The third kappa shape index (κ3) is 3.47. The largest absolute Gasteiger partial charge is 0.481 e. The van der Waals surface area contributed by atoms with Gasteiger partial charge < -0.3 is 9.64 Å². The Bertz CT molecular complexity index is 849. The van der Waals surface area contributed by atoms with Gasteiger partial charge in [0.15, 0.2) is 0 Å². The van der Waals surface area contributed by atoms with Gasteiger partial charge in [-0.05, 0) is 44.4 Å². The van der Waals surface area contributed by atoms with Gasteiger partial charge in [0.05, 0.1) is 6.54 Å². The van der Waals surface area contributed by atoms with E-state index in [1.54, 1.807) is 6.20 Å². The molecule has 1 aromatic heterocycles. The first kappa shape index (κ1) is 16.8. The Kier molecular flexibility index (Phi) is 4.45. The van der Waals surface area contributed by atoms with Crippen molar-refractivity contribution in [3.05, 3.63) is 59.7 Å². The van der Waals surface area contributed by atoms with E-state index in [-0.39, 0.29) is 5.91 Å². The van der Waals surface area contributed by atoms with Crippen molar-refractivity contribution in [3.63, 3.8) is 0 Å². The van der Waals surface area contributed by atoms with Gasteiger partial charge in [0.25, 0.3) is 0 Å². The molecular formula is C21H23N3O2. The number of hydrogen-bond donors (Lipinski definition) is 0. The van der Waals surface area contributed by atoms with E-state index in [2.05, 4.69) is 22.1 Å². The standard InChI is InChI=1S/C21H23N3O2/c1-16-22-13-10-18(23-16)7-8-20(25)24-14-4-11-21(15-24)12-9-17-5-2-3-6-19(17)26-21/h2-3,5-6,9-10,12-13H,4,7-8,11,14-15H2,1H3. The molecule has 1 amide bonds. The molecule has 26 heavy (non-hydrogen) atoms. The maximum Gasteiger partial charge on any atom is 0.223 e. The summed E-state index contributed by atoms with van der Waals surface area (Å²) in [5.74, 6) is 1.81. The number of hydrogen-bond acceptors (Lipinski definition) is 4. The van der Waals surface area contributed by atoms with Crippen molar-refractivity contribution in [1.82, 2.24) is 14.9 Å². The molecule has 0 aliphatic carbocycles. The molecule has 5 heteroatoms. The highest BCUT2D eigenvalue weighted by Crippen LogP contribution is 2.36. The van der Waals surface area contributed by atoms with Crippen LogP contribution in [0.1, 0.15) is 36.3 Å². The highest BCUT2D eigenvalue weighted by molar-refractivity contribution is 5.77. The summed E-state index contributed by atoms with van der Waals surface area (Å²) < 4.78 is 6.32. The average molecular weight is 349 g/mol. The Balaban J connectivity index is 1.41. The molecule has 1 unspecified atom stereocenters. The van der Waals surface area contributed by atoms with Gasteiger partial charge in [0, 0.05) is 30.4 Å². The SMILES string of the molecule is Cc1nccc(CCC(=O)N2CCCC3(C=Cc4ccccc4O3)C2)n1. The molecule has 4 rings (SSSR count). The number of para-hydroxylation sites is 1. The zero-order valence-corrected chi connectivity index (χ0v) is 15.0. The molecule has 0 radical (unpaired) electrons. The fraction of sp³-hybridized carbons (Fsp3) is 0.381. The van der Waals surface area contributed by atoms with Gasteiger partial charge in [-0.2, -0.15) is 0 Å². The third-order valence-electron chi connectivity index (χ3n) is 5.07. The van der Waals surface area contributed by atoms with Crippen molar-refractivity contribution in [2.24, 2.45) is 0 Å². The average Bonchev–Trinajstić information content (AvgIpc) is 2.66. The number of aromatic nitrogens is 2. The first-order valence-corrected chi connectivity index (χ1v) is 9.17. The lowest BCUT2D eigenvalue weighted by atomic mass is 9.89. The van der Waals surface area contributed by atoms with Crippen molar-refractivity contribution in [3.8, 4) is 5.75 Å². The van der Waals surface area contributed by atoms with E-state index in [0.29, 0.717) is 19.4 Å². The maximum atomic E-state index is 12.7. The monoisotopic (exact) mass is 349 g/mol. The first-order valence-electron chi connectivity index (χ1n) is 9.17. The number of amides is 1. The predicted molar refractivity (Wildman–Crippen MR) is 99.7 cm³/mol. The summed E-state index contributed by atoms with van der Waals surface area (Å²) in [5.41, 5.74) is 1.62. The number of benzene rings is 1. The second-order valence-corrected chi connectivity index (χ2v) is 7.05. The van der Waals surface area contributed by atoms with E-state index < -0.39 is 5.60 Å². The molecule has 2 aliphatic rings. The number of carbonyl (C=O) groups is 1. The smallest absolute Gasteiger partial charge is 0.223 e. The molecule has 0 N–H and O–H groups in total. The van der Waals surface area contributed by atoms with Gasteiger partial charge in [0.1, 0.15) is 17.2 Å². The molecule has 1 aromatic carbocycles. The van der Waals surface area contributed by atoms with Gasteiger partial charge in [-0.25, -0.2) is 9.97 Å². The van der Waals surface area contributed by atoms with Crippen molar-refractivity contribution >= 4 is 12.0 Å². The zero-order chi connectivity index (χ0) is 18.0. The summed E-state index contributed by atoms with van der Waals surface area (Å²) in [6.45, 7) is 3.27. The van der Waals surface area contributed by atoms with Crippen LogP contribution in [0, 0.1) is 6.92 Å². The summed E-state index contributed by atoms with van der Waals surface area (Å²) in [7, 11) is 0. The summed E-state index contributed by atoms with van der Waals surface area (Å²) >= 11 is 0. The van der Waals surface area contributed by atoms with E-state index in [1.807, 2.05) is 42.2 Å². The number of piperidine rings is 1. The molecule has 134 valence electrons. The Morgan fingerprint density at radius 3 is 3.08 bits per heavy atom. The van der Waals surface area contributed by atoms with Crippen LogP contribution in [-0.2, 0) is 11.2 Å². The molecule has 0 bridgehead atoms. The minimum Gasteiger partial charge on any atom is -0.481 e. The highest BCUT2D eigenvalue weighted by atomic mass is 16.5. The topological polar surface area (TPSA) is 55.3 Å². The van der Waals surface area contributed by atoms with E-state index in [1.165, 1.54) is 0 Å². The summed E-state index contributed by atoms with van der Waals surface area (Å²) in [5, 5.41) is 0. The number of fused-ring (bicyclic) bond motifs is 1. The number of rotatable bonds is 3. The lowest BCUT2D eigenvalue weighted by Crippen LogP contribution is -2.53. The molecule has 1 saturated heterocycles. The number of nitrogens with zero attached hydrogens (tertiary/aromatic N) is 3. The number of likely N-dealkylation sites (tertiary alicyclic amines) is 1. The molecule has 2 aromatic rings. The van der Waals surface area contributed by atoms with Crippen molar-refractivity contribution in [2.45, 2.75) is 38.2 Å². The minimum atomic E-state index is -0.395. The molecule has 1 atom stereocenters. The number of carbonyl (C=O) groups excluding carboxylic acids is 1. The minimum absolute atomic E-state index is 0.163. The first-order chi connectivity index (χ1) is 12.6. The van der Waals surface area contributed by atoms with Crippen LogP contribution in [0.15, 0.2) is 42.6 Å². The van der Waals surface area contributed by atoms with E-state index >= 15 is 0 Å². The van der Waals surface area contributed by atoms with Gasteiger partial charge >= 0.3 is 0 Å². The second kappa shape index (κ2) is 6.90. The molecule has 0 saturated carbocycles. The van der Waals surface area contributed by atoms with E-state index in [9.17, 15) is 4.79 Å². The summed E-state index contributed by atoms with van der Waals surface area (Å²) in [6.07, 6.45) is 8.99. The Labute approximate surface area is 153 Å². The highest BCUT2D eigenvalue weighted by Gasteiger charge is 2.38. The van der Waals surface area contributed by atoms with Gasteiger partial charge in [-0.15, -0.1) is 0 Å². The molecular weight excluding hydrogens is 326 g/mol. The quantitative estimate of drug-likeness (QED) is 0.854. The summed E-state index contributed by atoms with van der Waals surface area (Å²) in [6, 6.07) is 9.92. The normalized spacial score (nSPS) is 21.3. The van der Waals surface area contributed by atoms with Crippen LogP contribution in [0.25, 0.3) is 6.08 Å². The molecule has 5 nitrogen and oxygen atoms in total. The maximum absolute atomic E-state index is 12.7. The van der Waals surface area contributed by atoms with Crippen LogP contribution in [0.5, 0.6) is 5.75 Å². The van der Waals surface area contributed by atoms with Crippen molar-refractivity contribution in [2.75, 3.05) is 13.1 Å². The lowest BCUT2D eigenvalue weighted by Gasteiger charge is -2.42. The van der Waals surface area contributed by atoms with Crippen LogP contribution in [0.2, 0.25) is 0 Å². The van der Waals surface area contributed by atoms with Crippen molar-refractivity contribution < 1.29 is 9.53 Å². The van der Waals surface area contributed by atoms with E-state index in [4.69, 9.17) is 4.74 Å². The Morgan fingerprint density at radius 2 is 2.19 bits per heavy atom. The van der Waals surface area contributed by atoms with E-state index in [0.717, 1.165) is 42.2 Å². The van der Waals surface area contributed by atoms with Crippen molar-refractivity contribution in [1.29, 1.82) is 0 Å². The fourth-order valence-corrected chi connectivity index (χ4v) is 3.73. The number of ether oxygens (including phenoxy) is 1. The van der Waals surface area contributed by atoms with Crippen LogP contribution < -0.4 is 4.74 Å². The molecule has 1 fully saturated rings. The number of aryl methyl sites for hydroxylation is 2. The zero-order valence-electron chi connectivity index (χ0n) is 15.0. The van der Waals surface area contributed by atoms with Crippen LogP contribution in [0.4, 0.5) is 0 Å². The third-order valence-corrected chi connectivity index (χ3v) is 5.07. The fourth-order valence-electron chi connectivity index (χ4n) is 3.73. The lowest BCUT2D eigenvalue weighted by molar-refractivity contribution is -0.135.